The lowest BCUT2D eigenvalue weighted by Crippen LogP contribution is -2.33. The van der Waals surface area contributed by atoms with Crippen LogP contribution in [0.25, 0.3) is 0 Å². The summed E-state index contributed by atoms with van der Waals surface area (Å²) in [6.07, 6.45) is 0.428. The number of nitrogens with one attached hydrogen (secondary N) is 2. The highest BCUT2D eigenvalue weighted by Crippen LogP contribution is 2.18. The van der Waals surface area contributed by atoms with E-state index in [-0.39, 0.29) is 23.6 Å². The highest BCUT2D eigenvalue weighted by molar-refractivity contribution is 6.33. The molecule has 2 N–H and O–H groups in total. The minimum absolute atomic E-state index is 0.0729. The molecule has 6 nitrogen and oxygen atoms in total. The molecule has 0 bridgehead atoms. The van der Waals surface area contributed by atoms with Crippen LogP contribution in [0, 0.1) is 5.82 Å². The third kappa shape index (κ3) is 6.38. The summed E-state index contributed by atoms with van der Waals surface area (Å²) in [6.45, 7) is 1.90. The van der Waals surface area contributed by atoms with Crippen molar-refractivity contribution < 1.29 is 18.7 Å². The van der Waals surface area contributed by atoms with E-state index in [2.05, 4.69) is 15.8 Å². The molecule has 2 aromatic carbocycles. The molecule has 0 aromatic heterocycles. The predicted molar refractivity (Wildman–Crippen MR) is 101 cm³/mol. The molecule has 1 atom stereocenters. The van der Waals surface area contributed by atoms with Crippen molar-refractivity contribution in [1.29, 1.82) is 0 Å². The molecule has 0 aliphatic carbocycles. The fraction of sp³-hybridized carbons (Fsp3) is 0.211. The smallest absolute Gasteiger partial charge is 0.407 e. The molecule has 2 aromatic rings. The molecule has 0 fully saturated rings. The van der Waals surface area contributed by atoms with E-state index in [1.54, 1.807) is 31.2 Å². The van der Waals surface area contributed by atoms with Crippen LogP contribution in [0.2, 0.25) is 5.02 Å². The van der Waals surface area contributed by atoms with Gasteiger partial charge in [0.05, 0.1) is 30.3 Å². The maximum absolute atomic E-state index is 13.7. The lowest BCUT2D eigenvalue weighted by molar-refractivity contribution is -0.121. The van der Waals surface area contributed by atoms with Gasteiger partial charge in [-0.25, -0.2) is 14.6 Å². The maximum atomic E-state index is 13.7. The van der Waals surface area contributed by atoms with Crippen LogP contribution >= 0.6 is 11.6 Å². The summed E-state index contributed by atoms with van der Waals surface area (Å²) >= 11 is 5.89. The molecule has 0 radical (unpaired) electrons. The Bertz CT molecular complexity index is 795. The predicted octanol–water partition coefficient (Wildman–Crippen LogP) is 3.81. The second-order valence-corrected chi connectivity index (χ2v) is 5.87. The Morgan fingerprint density at radius 3 is 2.63 bits per heavy atom. The zero-order valence-corrected chi connectivity index (χ0v) is 15.4. The Labute approximate surface area is 161 Å². The summed E-state index contributed by atoms with van der Waals surface area (Å²) in [5.74, 6) is -1.02. The molecule has 0 aliphatic heterocycles. The van der Waals surface area contributed by atoms with Gasteiger partial charge in [-0.1, -0.05) is 48.0 Å². The van der Waals surface area contributed by atoms with Gasteiger partial charge in [0.15, 0.2) is 0 Å². The number of ether oxygens (including phenoxy) is 1. The second-order valence-electron chi connectivity index (χ2n) is 5.46. The van der Waals surface area contributed by atoms with Crippen LogP contribution in [-0.2, 0) is 9.53 Å². The van der Waals surface area contributed by atoms with E-state index in [4.69, 9.17) is 16.3 Å². The van der Waals surface area contributed by atoms with E-state index in [1.807, 2.05) is 6.07 Å². The van der Waals surface area contributed by atoms with Gasteiger partial charge in [0, 0.05) is 5.56 Å². The first kappa shape index (κ1) is 20.4. The van der Waals surface area contributed by atoms with Crippen molar-refractivity contribution in [2.45, 2.75) is 19.4 Å². The Balaban J connectivity index is 2.02. The molecular weight excluding hydrogens is 373 g/mol. The van der Waals surface area contributed by atoms with Gasteiger partial charge < -0.3 is 10.1 Å². The average Bonchev–Trinajstić information content (AvgIpc) is 2.64. The van der Waals surface area contributed by atoms with E-state index in [0.29, 0.717) is 0 Å². The van der Waals surface area contributed by atoms with Crippen LogP contribution in [0.15, 0.2) is 53.6 Å². The van der Waals surface area contributed by atoms with Gasteiger partial charge in [0.25, 0.3) is 0 Å². The van der Waals surface area contributed by atoms with Crippen molar-refractivity contribution in [2.75, 3.05) is 6.61 Å². The quantitative estimate of drug-likeness (QED) is 0.556. The first-order valence-electron chi connectivity index (χ1n) is 8.25. The number of hydrazone groups is 1. The molecule has 2 amide bonds. The first-order valence-corrected chi connectivity index (χ1v) is 8.63. The van der Waals surface area contributed by atoms with Crippen molar-refractivity contribution in [3.8, 4) is 0 Å². The lowest BCUT2D eigenvalue weighted by atomic mass is 10.0. The molecule has 0 heterocycles. The van der Waals surface area contributed by atoms with E-state index >= 15 is 0 Å². The second kappa shape index (κ2) is 10.3. The Morgan fingerprint density at radius 2 is 1.96 bits per heavy atom. The molecule has 2 rings (SSSR count). The average molecular weight is 392 g/mol. The normalized spacial score (nSPS) is 11.8. The van der Waals surface area contributed by atoms with Gasteiger partial charge in [-0.2, -0.15) is 5.10 Å². The van der Waals surface area contributed by atoms with E-state index in [1.165, 1.54) is 18.2 Å². The largest absolute Gasteiger partial charge is 0.450 e. The van der Waals surface area contributed by atoms with E-state index < -0.39 is 23.9 Å². The molecule has 0 saturated carbocycles. The monoisotopic (exact) mass is 391 g/mol. The number of alkyl carbamates (subject to hydrolysis) is 1. The topological polar surface area (TPSA) is 79.8 Å². The molecule has 0 unspecified atom stereocenters. The molecule has 8 heteroatoms. The summed E-state index contributed by atoms with van der Waals surface area (Å²) in [4.78, 5) is 23.9. The highest BCUT2D eigenvalue weighted by Gasteiger charge is 2.18. The van der Waals surface area contributed by atoms with Crippen molar-refractivity contribution in [1.82, 2.24) is 10.7 Å². The fourth-order valence-corrected chi connectivity index (χ4v) is 2.50. The van der Waals surface area contributed by atoms with Crippen molar-refractivity contribution >= 4 is 29.8 Å². The van der Waals surface area contributed by atoms with Gasteiger partial charge in [-0.3, -0.25) is 4.79 Å². The molecule has 142 valence electrons. The van der Waals surface area contributed by atoms with Crippen molar-refractivity contribution in [3.63, 3.8) is 0 Å². The molecule has 0 saturated heterocycles. The lowest BCUT2D eigenvalue weighted by Gasteiger charge is -2.18. The van der Waals surface area contributed by atoms with Crippen LogP contribution in [0.3, 0.4) is 0 Å². The number of amides is 2. The van der Waals surface area contributed by atoms with E-state index in [0.717, 1.165) is 11.8 Å². The summed E-state index contributed by atoms with van der Waals surface area (Å²) < 4.78 is 18.5. The van der Waals surface area contributed by atoms with Crippen molar-refractivity contribution in [2.24, 2.45) is 5.10 Å². The molecular formula is C19H19ClFN3O3. The number of rotatable bonds is 7. The number of carbonyl (C=O) groups is 2. The zero-order chi connectivity index (χ0) is 19.6. The summed E-state index contributed by atoms with van der Waals surface area (Å²) in [7, 11) is 0. The number of hydrogen-bond acceptors (Lipinski definition) is 4. The Kier molecular flexibility index (Phi) is 7.76. The van der Waals surface area contributed by atoms with Gasteiger partial charge in [0.1, 0.15) is 5.82 Å². The van der Waals surface area contributed by atoms with Gasteiger partial charge >= 0.3 is 6.09 Å². The fourth-order valence-electron chi connectivity index (χ4n) is 2.29. The van der Waals surface area contributed by atoms with Crippen LogP contribution in [0.5, 0.6) is 0 Å². The SMILES string of the molecule is CCOC(=O)N[C@H](CC(=O)N/N=C\c1c(F)cccc1Cl)c1ccccc1. The third-order valence-electron chi connectivity index (χ3n) is 3.54. The Morgan fingerprint density at radius 1 is 1.22 bits per heavy atom. The zero-order valence-electron chi connectivity index (χ0n) is 14.6. The van der Waals surface area contributed by atoms with Gasteiger partial charge in [0.2, 0.25) is 5.91 Å². The number of benzene rings is 2. The van der Waals surface area contributed by atoms with Crippen molar-refractivity contribution in [3.05, 3.63) is 70.5 Å². The van der Waals surface area contributed by atoms with Crippen LogP contribution < -0.4 is 10.7 Å². The molecule has 0 spiro atoms. The highest BCUT2D eigenvalue weighted by atomic mass is 35.5. The van der Waals surface area contributed by atoms with Crippen LogP contribution in [0.1, 0.15) is 30.5 Å². The minimum Gasteiger partial charge on any atom is -0.450 e. The number of hydrogen-bond donors (Lipinski definition) is 2. The van der Waals surface area contributed by atoms with Crippen LogP contribution in [0.4, 0.5) is 9.18 Å². The standard InChI is InChI=1S/C19H19ClFN3O3/c1-2-27-19(26)23-17(13-7-4-3-5-8-13)11-18(25)24-22-12-14-15(20)9-6-10-16(14)21/h3-10,12,17H,2,11H2,1H3,(H,23,26)(H,24,25)/b22-12-/t17-/m1/s1. The summed E-state index contributed by atoms with van der Waals surface area (Å²) in [6, 6.07) is 12.6. The first-order chi connectivity index (χ1) is 13.0. The summed E-state index contributed by atoms with van der Waals surface area (Å²) in [5, 5.41) is 6.55. The van der Waals surface area contributed by atoms with Gasteiger partial charge in [-0.05, 0) is 24.6 Å². The summed E-state index contributed by atoms with van der Waals surface area (Å²) in [5.41, 5.74) is 3.11. The number of halogens is 2. The van der Waals surface area contributed by atoms with Gasteiger partial charge in [-0.15, -0.1) is 0 Å². The minimum atomic E-state index is -0.624. The number of nitrogens with zero attached hydrogens (tertiary/aromatic N) is 1. The third-order valence-corrected chi connectivity index (χ3v) is 3.87. The Hall–Kier alpha value is -2.93. The molecule has 27 heavy (non-hydrogen) atoms. The van der Waals surface area contributed by atoms with Crippen LogP contribution in [-0.4, -0.2) is 24.8 Å². The maximum Gasteiger partial charge on any atom is 0.407 e. The molecule has 0 aliphatic rings. The number of carbonyl (C=O) groups excluding carboxylic acids is 2. The van der Waals surface area contributed by atoms with E-state index in [9.17, 15) is 14.0 Å².